The molecule has 0 radical (unpaired) electrons. The van der Waals surface area contributed by atoms with Crippen LogP contribution in [0, 0.1) is 12.7 Å². The Balaban J connectivity index is 2.24. The van der Waals surface area contributed by atoms with Crippen molar-refractivity contribution >= 4 is 21.8 Å². The van der Waals surface area contributed by atoms with Gasteiger partial charge in [0.15, 0.2) is 0 Å². The van der Waals surface area contributed by atoms with E-state index in [1.54, 1.807) is 11.0 Å². The van der Waals surface area contributed by atoms with E-state index in [0.717, 1.165) is 11.4 Å². The van der Waals surface area contributed by atoms with Crippen LogP contribution in [-0.2, 0) is 6.54 Å². The molecule has 21 heavy (non-hydrogen) atoms. The molecule has 2 aromatic rings. The van der Waals surface area contributed by atoms with Crippen LogP contribution in [0.3, 0.4) is 0 Å². The zero-order valence-corrected chi connectivity index (χ0v) is 13.5. The minimum atomic E-state index is -0.425. The van der Waals surface area contributed by atoms with Gasteiger partial charge in [-0.2, -0.15) is 0 Å². The van der Waals surface area contributed by atoms with Gasteiger partial charge in [-0.05, 0) is 60.1 Å². The molecule has 0 fully saturated rings. The fourth-order valence-electron chi connectivity index (χ4n) is 2.04. The number of nitrogens with zero attached hydrogens (tertiary/aromatic N) is 2. The fourth-order valence-corrected chi connectivity index (χ4v) is 2.46. The Labute approximate surface area is 131 Å². The summed E-state index contributed by atoms with van der Waals surface area (Å²) in [5.41, 5.74) is 2.05. The maximum absolute atomic E-state index is 13.4. The monoisotopic (exact) mass is 350 g/mol. The first-order valence-electron chi connectivity index (χ1n) is 6.68. The van der Waals surface area contributed by atoms with Gasteiger partial charge in [0, 0.05) is 16.7 Å². The Morgan fingerprint density at radius 2 is 2.10 bits per heavy atom. The molecule has 1 aromatic heterocycles. The van der Waals surface area contributed by atoms with Crippen molar-refractivity contribution in [2.24, 2.45) is 0 Å². The summed E-state index contributed by atoms with van der Waals surface area (Å²) in [6.45, 7) is 4.73. The largest absolute Gasteiger partial charge is 0.333 e. The summed E-state index contributed by atoms with van der Waals surface area (Å²) in [7, 11) is 0. The van der Waals surface area contributed by atoms with Gasteiger partial charge in [-0.25, -0.2) is 4.39 Å². The summed E-state index contributed by atoms with van der Waals surface area (Å²) >= 11 is 3.30. The van der Waals surface area contributed by atoms with Crippen molar-refractivity contribution in [2.45, 2.75) is 20.4 Å². The molecule has 110 valence electrons. The van der Waals surface area contributed by atoms with Crippen LogP contribution in [0.25, 0.3) is 0 Å². The van der Waals surface area contributed by atoms with Crippen LogP contribution in [0.1, 0.15) is 28.7 Å². The molecule has 1 heterocycles. The van der Waals surface area contributed by atoms with Crippen LogP contribution in [0.4, 0.5) is 4.39 Å². The molecule has 0 bridgehead atoms. The van der Waals surface area contributed by atoms with Crippen molar-refractivity contribution in [2.75, 3.05) is 6.54 Å². The van der Waals surface area contributed by atoms with E-state index in [1.165, 1.54) is 12.1 Å². The Morgan fingerprint density at radius 3 is 2.76 bits per heavy atom. The van der Waals surface area contributed by atoms with Crippen molar-refractivity contribution in [1.29, 1.82) is 0 Å². The molecular weight excluding hydrogens is 335 g/mol. The number of hydrogen-bond acceptors (Lipinski definition) is 2. The van der Waals surface area contributed by atoms with Crippen molar-refractivity contribution in [3.8, 4) is 0 Å². The highest BCUT2D eigenvalue weighted by Crippen LogP contribution is 2.20. The standard InChI is InChI=1S/C16H16BrFN2O/c1-3-20(10-13-6-4-5-11(2)19-13)16(21)14-9-12(18)7-8-15(14)17/h4-9H,3,10H2,1-2H3. The van der Waals surface area contributed by atoms with Crippen molar-refractivity contribution in [1.82, 2.24) is 9.88 Å². The average molecular weight is 351 g/mol. The van der Waals surface area contributed by atoms with E-state index in [2.05, 4.69) is 20.9 Å². The Bertz CT molecular complexity index is 660. The van der Waals surface area contributed by atoms with Gasteiger partial charge in [0.2, 0.25) is 0 Å². The van der Waals surface area contributed by atoms with E-state index >= 15 is 0 Å². The SMILES string of the molecule is CCN(Cc1cccc(C)n1)C(=O)c1cc(F)ccc1Br. The molecule has 0 aliphatic carbocycles. The summed E-state index contributed by atoms with van der Waals surface area (Å²) in [6, 6.07) is 9.81. The van der Waals surface area contributed by atoms with Gasteiger partial charge < -0.3 is 4.90 Å². The molecule has 5 heteroatoms. The highest BCUT2D eigenvalue weighted by atomic mass is 79.9. The van der Waals surface area contributed by atoms with E-state index in [0.29, 0.717) is 23.1 Å². The van der Waals surface area contributed by atoms with Crippen LogP contribution >= 0.6 is 15.9 Å². The molecule has 2 rings (SSSR count). The number of aryl methyl sites for hydroxylation is 1. The second-order valence-electron chi connectivity index (χ2n) is 4.71. The van der Waals surface area contributed by atoms with E-state index < -0.39 is 5.82 Å². The lowest BCUT2D eigenvalue weighted by Crippen LogP contribution is -2.31. The first-order valence-corrected chi connectivity index (χ1v) is 7.47. The Morgan fingerprint density at radius 1 is 1.33 bits per heavy atom. The van der Waals surface area contributed by atoms with Gasteiger partial charge in [0.25, 0.3) is 5.91 Å². The summed E-state index contributed by atoms with van der Waals surface area (Å²) in [5.74, 6) is -0.640. The molecule has 0 aliphatic rings. The predicted octanol–water partition coefficient (Wildman–Crippen LogP) is 3.95. The molecule has 1 amide bonds. The number of carbonyl (C=O) groups is 1. The maximum atomic E-state index is 13.4. The number of pyridine rings is 1. The third-order valence-corrected chi connectivity index (χ3v) is 3.82. The van der Waals surface area contributed by atoms with E-state index in [1.807, 2.05) is 32.0 Å². The fraction of sp³-hybridized carbons (Fsp3) is 0.250. The second kappa shape index (κ2) is 6.80. The van der Waals surface area contributed by atoms with Gasteiger partial charge in [-0.15, -0.1) is 0 Å². The summed E-state index contributed by atoms with van der Waals surface area (Å²) in [6.07, 6.45) is 0. The first kappa shape index (κ1) is 15.6. The minimum Gasteiger partial charge on any atom is -0.333 e. The van der Waals surface area contributed by atoms with Crippen LogP contribution in [0.5, 0.6) is 0 Å². The van der Waals surface area contributed by atoms with Gasteiger partial charge in [0.05, 0.1) is 17.8 Å². The number of carbonyl (C=O) groups excluding carboxylic acids is 1. The van der Waals surface area contributed by atoms with Crippen LogP contribution in [0.15, 0.2) is 40.9 Å². The Kier molecular flexibility index (Phi) is 5.07. The molecule has 0 N–H and O–H groups in total. The molecule has 3 nitrogen and oxygen atoms in total. The average Bonchev–Trinajstić information content (AvgIpc) is 2.46. The summed E-state index contributed by atoms with van der Waals surface area (Å²) in [4.78, 5) is 18.6. The highest BCUT2D eigenvalue weighted by molar-refractivity contribution is 9.10. The van der Waals surface area contributed by atoms with Crippen LogP contribution < -0.4 is 0 Å². The molecule has 1 aromatic carbocycles. The lowest BCUT2D eigenvalue weighted by Gasteiger charge is -2.21. The van der Waals surface area contributed by atoms with Gasteiger partial charge in [-0.1, -0.05) is 6.07 Å². The van der Waals surface area contributed by atoms with Crippen LogP contribution in [0.2, 0.25) is 0 Å². The Hall–Kier alpha value is -1.75. The summed E-state index contributed by atoms with van der Waals surface area (Å²) < 4.78 is 13.9. The smallest absolute Gasteiger partial charge is 0.255 e. The molecule has 0 saturated heterocycles. The summed E-state index contributed by atoms with van der Waals surface area (Å²) in [5, 5.41) is 0. The third kappa shape index (κ3) is 3.88. The first-order chi connectivity index (χ1) is 10.0. The van der Waals surface area contributed by atoms with Crippen LogP contribution in [-0.4, -0.2) is 22.3 Å². The number of rotatable bonds is 4. The quantitative estimate of drug-likeness (QED) is 0.836. The molecule has 0 aliphatic heterocycles. The number of amides is 1. The van der Waals surface area contributed by atoms with Crippen molar-refractivity contribution in [3.63, 3.8) is 0 Å². The van der Waals surface area contributed by atoms with Crippen molar-refractivity contribution in [3.05, 3.63) is 63.6 Å². The van der Waals surface area contributed by atoms with E-state index in [9.17, 15) is 9.18 Å². The lowest BCUT2D eigenvalue weighted by molar-refractivity contribution is 0.0749. The number of halogens is 2. The molecule has 0 atom stereocenters. The van der Waals surface area contributed by atoms with E-state index in [-0.39, 0.29) is 5.91 Å². The zero-order chi connectivity index (χ0) is 15.4. The van der Waals surface area contributed by atoms with Crippen molar-refractivity contribution < 1.29 is 9.18 Å². The zero-order valence-electron chi connectivity index (χ0n) is 11.9. The molecular formula is C16H16BrFN2O. The number of aromatic nitrogens is 1. The van der Waals surface area contributed by atoms with Gasteiger partial charge in [0.1, 0.15) is 5.82 Å². The molecule has 0 unspecified atom stereocenters. The predicted molar refractivity (Wildman–Crippen MR) is 83.5 cm³/mol. The highest BCUT2D eigenvalue weighted by Gasteiger charge is 2.18. The second-order valence-corrected chi connectivity index (χ2v) is 5.57. The molecule has 0 saturated carbocycles. The van der Waals surface area contributed by atoms with Gasteiger partial charge >= 0.3 is 0 Å². The maximum Gasteiger partial charge on any atom is 0.255 e. The molecule has 0 spiro atoms. The lowest BCUT2D eigenvalue weighted by atomic mass is 10.2. The van der Waals surface area contributed by atoms with E-state index in [4.69, 9.17) is 0 Å². The van der Waals surface area contributed by atoms with Gasteiger partial charge in [-0.3, -0.25) is 9.78 Å². The number of benzene rings is 1. The topological polar surface area (TPSA) is 33.2 Å². The third-order valence-electron chi connectivity index (χ3n) is 3.13. The minimum absolute atomic E-state index is 0.216. The normalized spacial score (nSPS) is 10.5. The number of hydrogen-bond donors (Lipinski definition) is 0.